The second-order valence-electron chi connectivity index (χ2n) is 6.14. The van der Waals surface area contributed by atoms with Crippen LogP contribution in [-0.4, -0.2) is 36.2 Å². The van der Waals surface area contributed by atoms with Gasteiger partial charge in [-0.3, -0.25) is 4.79 Å². The third-order valence-corrected chi connectivity index (χ3v) is 4.71. The Hall–Kier alpha value is -0.610. The van der Waals surface area contributed by atoms with Gasteiger partial charge in [0.2, 0.25) is 5.91 Å². The summed E-state index contributed by atoms with van der Waals surface area (Å²) in [6.45, 7) is 7.23. The number of aliphatic hydroxyl groups excluding tert-OH is 1. The second-order valence-corrected chi connectivity index (χ2v) is 6.14. The summed E-state index contributed by atoms with van der Waals surface area (Å²) in [6, 6.07) is 0.128. The van der Waals surface area contributed by atoms with Crippen LogP contribution in [0.4, 0.5) is 0 Å². The Morgan fingerprint density at radius 3 is 2.35 bits per heavy atom. The zero-order chi connectivity index (χ0) is 15.0. The third kappa shape index (κ3) is 5.41. The van der Waals surface area contributed by atoms with Crippen molar-refractivity contribution in [1.82, 2.24) is 10.6 Å². The average Bonchev–Trinajstić information content (AvgIpc) is 2.50. The summed E-state index contributed by atoms with van der Waals surface area (Å²) < 4.78 is 0. The number of amides is 1. The molecule has 118 valence electrons. The third-order valence-electron chi connectivity index (χ3n) is 4.71. The fraction of sp³-hybridized carbons (Fsp3) is 0.938. The quantitative estimate of drug-likeness (QED) is 0.639. The van der Waals surface area contributed by atoms with E-state index in [0.717, 1.165) is 25.8 Å². The second kappa shape index (κ2) is 9.35. The molecule has 4 heteroatoms. The molecule has 0 radical (unpaired) electrons. The molecule has 0 spiro atoms. The topological polar surface area (TPSA) is 61.4 Å². The van der Waals surface area contributed by atoms with Crippen molar-refractivity contribution in [3.05, 3.63) is 0 Å². The van der Waals surface area contributed by atoms with Crippen molar-refractivity contribution < 1.29 is 9.90 Å². The van der Waals surface area contributed by atoms with Crippen LogP contribution in [0, 0.1) is 11.8 Å². The highest BCUT2D eigenvalue weighted by Crippen LogP contribution is 2.29. The van der Waals surface area contributed by atoms with Crippen molar-refractivity contribution >= 4 is 5.91 Å². The van der Waals surface area contributed by atoms with Crippen molar-refractivity contribution in [2.24, 2.45) is 11.8 Å². The van der Waals surface area contributed by atoms with E-state index in [4.69, 9.17) is 0 Å². The number of hydrogen-bond acceptors (Lipinski definition) is 3. The Morgan fingerprint density at radius 2 is 1.80 bits per heavy atom. The lowest BCUT2D eigenvalue weighted by molar-refractivity contribution is -0.123. The van der Waals surface area contributed by atoms with Crippen molar-refractivity contribution in [3.8, 4) is 0 Å². The molecule has 1 fully saturated rings. The van der Waals surface area contributed by atoms with E-state index in [0.29, 0.717) is 11.8 Å². The van der Waals surface area contributed by atoms with Crippen LogP contribution < -0.4 is 10.6 Å². The summed E-state index contributed by atoms with van der Waals surface area (Å²) in [6.07, 6.45) is 6.72. The zero-order valence-electron chi connectivity index (χ0n) is 13.3. The molecule has 1 saturated carbocycles. The van der Waals surface area contributed by atoms with Crippen LogP contribution >= 0.6 is 0 Å². The van der Waals surface area contributed by atoms with E-state index in [1.165, 1.54) is 19.3 Å². The first kappa shape index (κ1) is 17.4. The summed E-state index contributed by atoms with van der Waals surface area (Å²) in [5.41, 5.74) is 0. The summed E-state index contributed by atoms with van der Waals surface area (Å²) in [4.78, 5) is 12.1. The minimum absolute atomic E-state index is 0.0926. The normalized spacial score (nSPS) is 24.6. The largest absolute Gasteiger partial charge is 0.396 e. The van der Waals surface area contributed by atoms with E-state index in [1.807, 2.05) is 6.92 Å². The predicted molar refractivity (Wildman–Crippen MR) is 82.5 cm³/mol. The molecule has 0 bridgehead atoms. The van der Waals surface area contributed by atoms with Gasteiger partial charge in [0.15, 0.2) is 0 Å². The summed E-state index contributed by atoms with van der Waals surface area (Å²) in [5, 5.41) is 15.8. The molecule has 0 aromatic carbocycles. The predicted octanol–water partition coefficient (Wildman–Crippen LogP) is 2.07. The van der Waals surface area contributed by atoms with E-state index in [1.54, 1.807) is 0 Å². The molecule has 1 amide bonds. The molecule has 4 nitrogen and oxygen atoms in total. The van der Waals surface area contributed by atoms with Crippen LogP contribution in [0.25, 0.3) is 0 Å². The Bertz CT molecular complexity index is 280. The molecule has 3 unspecified atom stereocenters. The molecule has 1 rings (SSSR count). The molecule has 3 atom stereocenters. The summed E-state index contributed by atoms with van der Waals surface area (Å²) in [7, 11) is 0. The van der Waals surface area contributed by atoms with E-state index >= 15 is 0 Å². The number of carbonyl (C=O) groups excluding carboxylic acids is 1. The maximum atomic E-state index is 12.1. The van der Waals surface area contributed by atoms with Crippen molar-refractivity contribution in [3.63, 3.8) is 0 Å². The van der Waals surface area contributed by atoms with Crippen LogP contribution in [0.2, 0.25) is 0 Å². The zero-order valence-corrected chi connectivity index (χ0v) is 13.3. The molecule has 0 aromatic heterocycles. The molecule has 0 aliphatic heterocycles. The lowest BCUT2D eigenvalue weighted by Crippen LogP contribution is -2.48. The standard InChI is InChI=1S/C16H32N2O2/c1-4-15(5-2)18-16(20)12(3)17-10-13-8-6-7-9-14(13)11-19/h12-15,17,19H,4-11H2,1-3H3,(H,18,20). The maximum Gasteiger partial charge on any atom is 0.237 e. The van der Waals surface area contributed by atoms with Gasteiger partial charge < -0.3 is 15.7 Å². The van der Waals surface area contributed by atoms with Gasteiger partial charge in [0.05, 0.1) is 6.04 Å². The highest BCUT2D eigenvalue weighted by Gasteiger charge is 2.25. The van der Waals surface area contributed by atoms with Crippen molar-refractivity contribution in [2.45, 2.75) is 71.4 Å². The van der Waals surface area contributed by atoms with Gasteiger partial charge in [0.1, 0.15) is 0 Å². The molecule has 0 aromatic rings. The number of aliphatic hydroxyl groups is 1. The van der Waals surface area contributed by atoms with E-state index < -0.39 is 0 Å². The monoisotopic (exact) mass is 284 g/mol. The van der Waals surface area contributed by atoms with Crippen LogP contribution in [-0.2, 0) is 4.79 Å². The van der Waals surface area contributed by atoms with Gasteiger partial charge in [-0.1, -0.05) is 26.7 Å². The van der Waals surface area contributed by atoms with Gasteiger partial charge in [-0.15, -0.1) is 0 Å². The van der Waals surface area contributed by atoms with Crippen LogP contribution in [0.5, 0.6) is 0 Å². The molecule has 1 aliphatic rings. The van der Waals surface area contributed by atoms with Crippen LogP contribution in [0.3, 0.4) is 0 Å². The van der Waals surface area contributed by atoms with Gasteiger partial charge in [-0.25, -0.2) is 0 Å². The van der Waals surface area contributed by atoms with E-state index in [-0.39, 0.29) is 24.6 Å². The number of carbonyl (C=O) groups is 1. The number of nitrogens with one attached hydrogen (secondary N) is 2. The Labute approximate surface area is 123 Å². The first-order chi connectivity index (χ1) is 9.62. The molecule has 0 saturated heterocycles. The Morgan fingerprint density at radius 1 is 1.20 bits per heavy atom. The molecule has 0 heterocycles. The van der Waals surface area contributed by atoms with Gasteiger partial charge in [-0.05, 0) is 51.0 Å². The average molecular weight is 284 g/mol. The van der Waals surface area contributed by atoms with E-state index in [9.17, 15) is 9.90 Å². The lowest BCUT2D eigenvalue weighted by atomic mass is 9.79. The maximum absolute atomic E-state index is 12.1. The van der Waals surface area contributed by atoms with Crippen molar-refractivity contribution in [1.29, 1.82) is 0 Å². The van der Waals surface area contributed by atoms with Crippen molar-refractivity contribution in [2.75, 3.05) is 13.2 Å². The highest BCUT2D eigenvalue weighted by molar-refractivity contribution is 5.81. The Balaban J connectivity index is 2.34. The number of rotatable bonds is 8. The first-order valence-corrected chi connectivity index (χ1v) is 8.26. The fourth-order valence-electron chi connectivity index (χ4n) is 3.03. The smallest absolute Gasteiger partial charge is 0.237 e. The van der Waals surface area contributed by atoms with Gasteiger partial charge in [0, 0.05) is 12.6 Å². The van der Waals surface area contributed by atoms with Gasteiger partial charge in [-0.2, -0.15) is 0 Å². The minimum atomic E-state index is -0.156. The van der Waals surface area contributed by atoms with Crippen LogP contribution in [0.1, 0.15) is 59.3 Å². The minimum Gasteiger partial charge on any atom is -0.396 e. The first-order valence-electron chi connectivity index (χ1n) is 8.26. The van der Waals surface area contributed by atoms with Gasteiger partial charge >= 0.3 is 0 Å². The fourth-order valence-corrected chi connectivity index (χ4v) is 3.03. The molecule has 3 N–H and O–H groups in total. The number of hydrogen-bond donors (Lipinski definition) is 3. The Kier molecular flexibility index (Phi) is 8.15. The van der Waals surface area contributed by atoms with Gasteiger partial charge in [0.25, 0.3) is 0 Å². The SMILES string of the molecule is CCC(CC)NC(=O)C(C)NCC1CCCCC1CO. The molecule has 20 heavy (non-hydrogen) atoms. The summed E-state index contributed by atoms with van der Waals surface area (Å²) >= 11 is 0. The molecular weight excluding hydrogens is 252 g/mol. The molecule has 1 aliphatic carbocycles. The lowest BCUT2D eigenvalue weighted by Gasteiger charge is -2.31. The molecular formula is C16H32N2O2. The highest BCUT2D eigenvalue weighted by atomic mass is 16.3. The van der Waals surface area contributed by atoms with E-state index in [2.05, 4.69) is 24.5 Å². The van der Waals surface area contributed by atoms with Crippen LogP contribution in [0.15, 0.2) is 0 Å². The summed E-state index contributed by atoms with van der Waals surface area (Å²) in [5.74, 6) is 1.01.